The molecule has 182 valence electrons. The van der Waals surface area contributed by atoms with E-state index < -0.39 is 0 Å². The Morgan fingerprint density at radius 1 is 1.03 bits per heavy atom. The fraction of sp³-hybridized carbons (Fsp3) is 0.393. The van der Waals surface area contributed by atoms with Gasteiger partial charge in [0.05, 0.1) is 12.1 Å². The van der Waals surface area contributed by atoms with E-state index in [0.717, 1.165) is 62.5 Å². The average Bonchev–Trinajstić information content (AvgIpc) is 3.51. The van der Waals surface area contributed by atoms with Gasteiger partial charge < -0.3 is 4.90 Å². The molecule has 7 rings (SSSR count). The lowest BCUT2D eigenvalue weighted by Crippen LogP contribution is -2.61. The molecule has 0 bridgehead atoms. The number of fused-ring (bicyclic) bond motifs is 2. The standard InChI is InChI=1S/C28H29N7O/c36-25(16-22-17-34-12-2-11-31-27(34)32-22)33-13-7-28(8-14-33)18-35(19-28)24-6-4-20-15-21(3-5-23(20)24)26-29-9-1-10-30-26/h1-3,5,9-12,15,17,24H,4,6-8,13-14,16,18-19H2. The first kappa shape index (κ1) is 21.6. The molecule has 1 amide bonds. The molecule has 1 atom stereocenters. The summed E-state index contributed by atoms with van der Waals surface area (Å²) in [6, 6.07) is 11.0. The maximum Gasteiger partial charge on any atom is 0.233 e. The Morgan fingerprint density at radius 2 is 1.83 bits per heavy atom. The topological polar surface area (TPSA) is 79.5 Å². The summed E-state index contributed by atoms with van der Waals surface area (Å²) < 4.78 is 1.87. The minimum absolute atomic E-state index is 0.173. The van der Waals surface area contributed by atoms with Crippen LogP contribution in [-0.2, 0) is 17.6 Å². The molecule has 0 saturated carbocycles. The number of piperidine rings is 1. The van der Waals surface area contributed by atoms with E-state index in [1.165, 1.54) is 17.5 Å². The fourth-order valence-electron chi connectivity index (χ4n) is 6.38. The van der Waals surface area contributed by atoms with Crippen LogP contribution >= 0.6 is 0 Å². The molecule has 3 aromatic heterocycles. The van der Waals surface area contributed by atoms with Crippen molar-refractivity contribution in [3.05, 3.63) is 78.1 Å². The number of aromatic nitrogens is 5. The number of likely N-dealkylation sites (tertiary alicyclic amines) is 2. The third-order valence-electron chi connectivity index (χ3n) is 8.33. The molecular weight excluding hydrogens is 450 g/mol. The van der Waals surface area contributed by atoms with E-state index in [-0.39, 0.29) is 5.91 Å². The lowest BCUT2D eigenvalue weighted by molar-refractivity contribution is -0.136. The molecule has 2 saturated heterocycles. The molecule has 36 heavy (non-hydrogen) atoms. The van der Waals surface area contributed by atoms with Crippen LogP contribution in [0.2, 0.25) is 0 Å². The first-order chi connectivity index (χ1) is 17.7. The molecule has 0 N–H and O–H groups in total. The predicted molar refractivity (Wildman–Crippen MR) is 135 cm³/mol. The number of aryl methyl sites for hydroxylation is 1. The summed E-state index contributed by atoms with van der Waals surface area (Å²) in [7, 11) is 0. The SMILES string of the molecule is O=C(Cc1cn2cccnc2n1)N1CCC2(CC1)CN(C1CCc3cc(-c4ncccn4)ccc31)C2. The molecule has 8 nitrogen and oxygen atoms in total. The number of carbonyl (C=O) groups excluding carboxylic acids is 1. The lowest BCUT2D eigenvalue weighted by Gasteiger charge is -2.56. The van der Waals surface area contributed by atoms with Gasteiger partial charge in [-0.15, -0.1) is 0 Å². The zero-order chi connectivity index (χ0) is 24.1. The predicted octanol–water partition coefficient (Wildman–Crippen LogP) is 3.34. The van der Waals surface area contributed by atoms with E-state index in [2.05, 4.69) is 43.0 Å². The van der Waals surface area contributed by atoms with Gasteiger partial charge in [0.25, 0.3) is 0 Å². The van der Waals surface area contributed by atoms with Crippen LogP contribution in [0.1, 0.15) is 42.1 Å². The molecular formula is C28H29N7O. The summed E-state index contributed by atoms with van der Waals surface area (Å²) >= 11 is 0. The molecule has 8 heteroatoms. The van der Waals surface area contributed by atoms with Crippen molar-refractivity contribution in [2.24, 2.45) is 5.41 Å². The summed E-state index contributed by atoms with van der Waals surface area (Å²) in [5, 5.41) is 0. The van der Waals surface area contributed by atoms with E-state index in [1.807, 2.05) is 33.8 Å². The Kier molecular flexibility index (Phi) is 5.09. The summed E-state index contributed by atoms with van der Waals surface area (Å²) in [6.07, 6.45) is 14.0. The number of benzene rings is 1. The Balaban J connectivity index is 0.954. The van der Waals surface area contributed by atoms with Crippen molar-refractivity contribution in [2.45, 2.75) is 38.1 Å². The van der Waals surface area contributed by atoms with Gasteiger partial charge in [-0.3, -0.25) is 14.1 Å². The maximum absolute atomic E-state index is 12.9. The highest BCUT2D eigenvalue weighted by atomic mass is 16.2. The summed E-state index contributed by atoms with van der Waals surface area (Å²) in [4.78, 5) is 35.2. The van der Waals surface area contributed by atoms with Crippen molar-refractivity contribution < 1.29 is 4.79 Å². The minimum atomic E-state index is 0.173. The smallest absolute Gasteiger partial charge is 0.233 e. The van der Waals surface area contributed by atoms with Crippen LogP contribution in [0.15, 0.2) is 61.3 Å². The monoisotopic (exact) mass is 479 g/mol. The average molecular weight is 480 g/mol. The number of nitrogens with zero attached hydrogens (tertiary/aromatic N) is 7. The zero-order valence-electron chi connectivity index (χ0n) is 20.3. The number of hydrogen-bond donors (Lipinski definition) is 0. The number of rotatable bonds is 4. The normalized spacial score (nSPS) is 21.0. The minimum Gasteiger partial charge on any atom is -0.342 e. The second-order valence-corrected chi connectivity index (χ2v) is 10.6. The largest absolute Gasteiger partial charge is 0.342 e. The summed E-state index contributed by atoms with van der Waals surface area (Å²) in [5.41, 5.74) is 5.17. The Hall–Kier alpha value is -3.65. The van der Waals surface area contributed by atoms with E-state index in [4.69, 9.17) is 0 Å². The second kappa shape index (κ2) is 8.48. The maximum atomic E-state index is 12.9. The zero-order valence-corrected chi connectivity index (χ0v) is 20.3. The van der Waals surface area contributed by atoms with Crippen molar-refractivity contribution in [1.29, 1.82) is 0 Å². The molecule has 1 unspecified atom stereocenters. The molecule has 5 heterocycles. The highest BCUT2D eigenvalue weighted by molar-refractivity contribution is 5.78. The third kappa shape index (κ3) is 3.76. The molecule has 1 spiro atoms. The van der Waals surface area contributed by atoms with E-state index >= 15 is 0 Å². The van der Waals surface area contributed by atoms with Gasteiger partial charge in [0.1, 0.15) is 0 Å². The van der Waals surface area contributed by atoms with Gasteiger partial charge in [0, 0.05) is 68.8 Å². The Labute approximate surface area is 210 Å². The van der Waals surface area contributed by atoms with Crippen LogP contribution in [0.25, 0.3) is 17.2 Å². The number of carbonyl (C=O) groups is 1. The van der Waals surface area contributed by atoms with Crippen molar-refractivity contribution in [2.75, 3.05) is 26.2 Å². The van der Waals surface area contributed by atoms with Crippen LogP contribution < -0.4 is 0 Å². The second-order valence-electron chi connectivity index (χ2n) is 10.6. The quantitative estimate of drug-likeness (QED) is 0.447. The third-order valence-corrected chi connectivity index (χ3v) is 8.33. The van der Waals surface area contributed by atoms with E-state index in [9.17, 15) is 4.79 Å². The van der Waals surface area contributed by atoms with E-state index in [0.29, 0.717) is 23.7 Å². The molecule has 0 radical (unpaired) electrons. The Bertz CT molecular complexity index is 1380. The number of hydrogen-bond acceptors (Lipinski definition) is 6. The van der Waals surface area contributed by atoms with Crippen molar-refractivity contribution in [3.8, 4) is 11.4 Å². The van der Waals surface area contributed by atoms with Crippen LogP contribution in [-0.4, -0.2) is 66.2 Å². The van der Waals surface area contributed by atoms with Crippen molar-refractivity contribution in [3.63, 3.8) is 0 Å². The lowest BCUT2D eigenvalue weighted by atomic mass is 9.71. The summed E-state index contributed by atoms with van der Waals surface area (Å²) in [5.74, 6) is 1.61. The van der Waals surface area contributed by atoms with Gasteiger partial charge in [0.15, 0.2) is 5.82 Å². The Morgan fingerprint density at radius 3 is 2.64 bits per heavy atom. The molecule has 4 aromatic rings. The van der Waals surface area contributed by atoms with E-state index in [1.54, 1.807) is 18.6 Å². The first-order valence-electron chi connectivity index (χ1n) is 12.9. The van der Waals surface area contributed by atoms with Gasteiger partial charge >= 0.3 is 0 Å². The van der Waals surface area contributed by atoms with Crippen LogP contribution in [0.5, 0.6) is 0 Å². The van der Waals surface area contributed by atoms with Crippen LogP contribution in [0, 0.1) is 5.41 Å². The fourth-order valence-corrected chi connectivity index (χ4v) is 6.38. The highest BCUT2D eigenvalue weighted by Gasteiger charge is 2.48. The molecule has 1 aliphatic carbocycles. The molecule has 2 aliphatic heterocycles. The number of imidazole rings is 1. The molecule has 1 aromatic carbocycles. The van der Waals surface area contributed by atoms with Crippen molar-refractivity contribution >= 4 is 11.7 Å². The van der Waals surface area contributed by atoms with Crippen LogP contribution in [0.4, 0.5) is 0 Å². The molecule has 3 aliphatic rings. The van der Waals surface area contributed by atoms with Crippen molar-refractivity contribution in [1.82, 2.24) is 34.1 Å². The molecule has 2 fully saturated rings. The summed E-state index contributed by atoms with van der Waals surface area (Å²) in [6.45, 7) is 3.97. The number of amides is 1. The van der Waals surface area contributed by atoms with Gasteiger partial charge in [-0.1, -0.05) is 12.1 Å². The highest BCUT2D eigenvalue weighted by Crippen LogP contribution is 2.48. The van der Waals surface area contributed by atoms with Crippen LogP contribution in [0.3, 0.4) is 0 Å². The van der Waals surface area contributed by atoms with Gasteiger partial charge in [-0.25, -0.2) is 19.9 Å². The first-order valence-corrected chi connectivity index (χ1v) is 12.9. The van der Waals surface area contributed by atoms with Gasteiger partial charge in [-0.2, -0.15) is 0 Å². The van der Waals surface area contributed by atoms with Gasteiger partial charge in [-0.05, 0) is 60.4 Å². The van der Waals surface area contributed by atoms with Gasteiger partial charge in [0.2, 0.25) is 11.7 Å².